The zero-order valence-electron chi connectivity index (χ0n) is 16.4. The highest BCUT2D eigenvalue weighted by Gasteiger charge is 2.37. The van der Waals surface area contributed by atoms with Gasteiger partial charge in [-0.15, -0.1) is 0 Å². The number of nitrogens with one attached hydrogen (secondary N) is 1. The monoisotopic (exact) mass is 396 g/mol. The summed E-state index contributed by atoms with van der Waals surface area (Å²) in [6, 6.07) is 13.6. The van der Waals surface area contributed by atoms with E-state index in [1.807, 2.05) is 49.4 Å². The van der Waals surface area contributed by atoms with Gasteiger partial charge in [0.1, 0.15) is 11.8 Å². The smallest absolute Gasteiger partial charge is 0.326 e. The fraction of sp³-hybridized carbons (Fsp3) is 0.318. The number of methoxy groups -OCH3 is 1. The topological polar surface area (TPSA) is 95.9 Å². The SMILES string of the molecule is COc1ccc(C)cc1N1CC(C(=O)N[C@@H](Cc2ccccc2)C(=O)O)CC1=O. The summed E-state index contributed by atoms with van der Waals surface area (Å²) in [5.74, 6) is -1.80. The molecule has 2 atom stereocenters. The molecule has 1 heterocycles. The van der Waals surface area contributed by atoms with E-state index in [2.05, 4.69) is 5.32 Å². The molecular weight excluding hydrogens is 372 g/mol. The van der Waals surface area contributed by atoms with Crippen molar-refractivity contribution in [2.45, 2.75) is 25.8 Å². The Morgan fingerprint density at radius 2 is 1.97 bits per heavy atom. The number of carboxylic acid groups (broad SMARTS) is 1. The molecule has 2 N–H and O–H groups in total. The number of carbonyl (C=O) groups excluding carboxylic acids is 2. The molecule has 2 amide bonds. The third-order valence-electron chi connectivity index (χ3n) is 5.02. The van der Waals surface area contributed by atoms with Gasteiger partial charge < -0.3 is 20.1 Å². The maximum absolute atomic E-state index is 12.7. The van der Waals surface area contributed by atoms with Crippen LogP contribution < -0.4 is 15.0 Å². The first-order valence-electron chi connectivity index (χ1n) is 9.41. The Morgan fingerprint density at radius 1 is 1.24 bits per heavy atom. The molecule has 0 bridgehead atoms. The summed E-state index contributed by atoms with van der Waals surface area (Å²) in [4.78, 5) is 38.4. The summed E-state index contributed by atoms with van der Waals surface area (Å²) >= 11 is 0. The van der Waals surface area contributed by atoms with Gasteiger partial charge in [0.05, 0.1) is 18.7 Å². The van der Waals surface area contributed by atoms with Crippen LogP contribution in [0, 0.1) is 12.8 Å². The van der Waals surface area contributed by atoms with Crippen LogP contribution in [0.3, 0.4) is 0 Å². The van der Waals surface area contributed by atoms with Crippen LogP contribution in [-0.4, -0.2) is 42.6 Å². The quantitative estimate of drug-likeness (QED) is 0.748. The Hall–Kier alpha value is -3.35. The van der Waals surface area contributed by atoms with Gasteiger partial charge in [-0.1, -0.05) is 36.4 Å². The number of carboxylic acids is 1. The molecule has 7 heteroatoms. The molecule has 3 rings (SSSR count). The van der Waals surface area contributed by atoms with Crippen LogP contribution in [0.4, 0.5) is 5.69 Å². The molecule has 1 fully saturated rings. The zero-order valence-corrected chi connectivity index (χ0v) is 16.4. The van der Waals surface area contributed by atoms with Crippen molar-refractivity contribution >= 4 is 23.5 Å². The number of nitrogens with zero attached hydrogens (tertiary/aromatic N) is 1. The molecule has 1 aliphatic heterocycles. The van der Waals surface area contributed by atoms with E-state index in [1.54, 1.807) is 6.07 Å². The van der Waals surface area contributed by atoms with Gasteiger partial charge in [-0.2, -0.15) is 0 Å². The fourth-order valence-corrected chi connectivity index (χ4v) is 3.47. The predicted octanol–water partition coefficient (Wildman–Crippen LogP) is 2.17. The molecule has 152 valence electrons. The first-order valence-corrected chi connectivity index (χ1v) is 9.41. The molecule has 0 radical (unpaired) electrons. The van der Waals surface area contributed by atoms with Crippen LogP contribution >= 0.6 is 0 Å². The summed E-state index contributed by atoms with van der Waals surface area (Å²) in [7, 11) is 1.53. The molecule has 2 aromatic carbocycles. The zero-order chi connectivity index (χ0) is 21.0. The average Bonchev–Trinajstić information content (AvgIpc) is 3.09. The highest BCUT2D eigenvalue weighted by Crippen LogP contribution is 2.34. The Bertz CT molecular complexity index is 913. The average molecular weight is 396 g/mol. The van der Waals surface area contributed by atoms with Gasteiger partial charge >= 0.3 is 5.97 Å². The molecule has 0 saturated carbocycles. The molecule has 0 spiro atoms. The summed E-state index contributed by atoms with van der Waals surface area (Å²) in [5.41, 5.74) is 2.40. The van der Waals surface area contributed by atoms with Gasteiger partial charge in [0.25, 0.3) is 0 Å². The van der Waals surface area contributed by atoms with E-state index in [0.29, 0.717) is 11.4 Å². The van der Waals surface area contributed by atoms with Crippen LogP contribution in [0.2, 0.25) is 0 Å². The standard InChI is InChI=1S/C22H24N2O5/c1-14-8-9-19(29-2)18(10-14)24-13-16(12-20(24)25)21(26)23-17(22(27)28)11-15-6-4-3-5-7-15/h3-10,16-17H,11-13H2,1-2H3,(H,23,26)(H,27,28)/t16?,17-/m0/s1. The highest BCUT2D eigenvalue weighted by molar-refractivity contribution is 6.01. The van der Waals surface area contributed by atoms with Crippen LogP contribution in [-0.2, 0) is 20.8 Å². The Kier molecular flexibility index (Phi) is 6.16. The first kappa shape index (κ1) is 20.4. The molecule has 29 heavy (non-hydrogen) atoms. The lowest BCUT2D eigenvalue weighted by atomic mass is 10.0. The number of aliphatic carboxylic acids is 1. The van der Waals surface area contributed by atoms with E-state index in [9.17, 15) is 19.5 Å². The second kappa shape index (κ2) is 8.77. The maximum Gasteiger partial charge on any atom is 0.326 e. The van der Waals surface area contributed by atoms with Crippen molar-refractivity contribution < 1.29 is 24.2 Å². The van der Waals surface area contributed by atoms with Crippen LogP contribution in [0.5, 0.6) is 5.75 Å². The van der Waals surface area contributed by atoms with Crippen molar-refractivity contribution in [1.29, 1.82) is 0 Å². The van der Waals surface area contributed by atoms with Crippen molar-refractivity contribution in [1.82, 2.24) is 5.32 Å². The normalized spacial score (nSPS) is 17.1. The Labute approximate surface area is 169 Å². The fourth-order valence-electron chi connectivity index (χ4n) is 3.47. The lowest BCUT2D eigenvalue weighted by molar-refractivity contribution is -0.142. The van der Waals surface area contributed by atoms with Crippen molar-refractivity contribution in [3.8, 4) is 5.75 Å². The molecule has 2 aromatic rings. The predicted molar refractivity (Wildman–Crippen MR) is 108 cm³/mol. The van der Waals surface area contributed by atoms with Crippen molar-refractivity contribution in [2.24, 2.45) is 5.92 Å². The lowest BCUT2D eigenvalue weighted by Gasteiger charge is -2.21. The summed E-state index contributed by atoms with van der Waals surface area (Å²) in [5, 5.41) is 12.1. The van der Waals surface area contributed by atoms with Gasteiger partial charge in [-0.25, -0.2) is 4.79 Å². The number of amides is 2. The molecule has 1 aliphatic rings. The number of carbonyl (C=O) groups is 3. The van der Waals surface area contributed by atoms with E-state index in [1.165, 1.54) is 12.0 Å². The van der Waals surface area contributed by atoms with E-state index in [0.717, 1.165) is 11.1 Å². The molecule has 0 aliphatic carbocycles. The summed E-state index contributed by atoms with van der Waals surface area (Å²) in [6.07, 6.45) is 0.207. The number of anilines is 1. The van der Waals surface area contributed by atoms with Crippen molar-refractivity contribution in [2.75, 3.05) is 18.6 Å². The number of benzene rings is 2. The van der Waals surface area contributed by atoms with Gasteiger partial charge in [-0.05, 0) is 30.2 Å². The van der Waals surface area contributed by atoms with E-state index >= 15 is 0 Å². The second-order valence-corrected chi connectivity index (χ2v) is 7.17. The summed E-state index contributed by atoms with van der Waals surface area (Å²) in [6.45, 7) is 2.09. The molecule has 1 saturated heterocycles. The number of rotatable bonds is 7. The number of aryl methyl sites for hydroxylation is 1. The lowest BCUT2D eigenvalue weighted by Crippen LogP contribution is -2.45. The van der Waals surface area contributed by atoms with Crippen LogP contribution in [0.15, 0.2) is 48.5 Å². The largest absolute Gasteiger partial charge is 0.495 e. The van der Waals surface area contributed by atoms with E-state index in [4.69, 9.17) is 4.74 Å². The first-order chi connectivity index (χ1) is 13.9. The summed E-state index contributed by atoms with van der Waals surface area (Å²) < 4.78 is 5.35. The van der Waals surface area contributed by atoms with Crippen LogP contribution in [0.1, 0.15) is 17.5 Å². The van der Waals surface area contributed by atoms with Gasteiger partial charge in [0, 0.05) is 19.4 Å². The van der Waals surface area contributed by atoms with E-state index in [-0.39, 0.29) is 25.3 Å². The number of ether oxygens (including phenoxy) is 1. The Balaban J connectivity index is 1.71. The van der Waals surface area contributed by atoms with Crippen LogP contribution in [0.25, 0.3) is 0 Å². The number of hydrogen-bond donors (Lipinski definition) is 2. The molecular formula is C22H24N2O5. The third-order valence-corrected chi connectivity index (χ3v) is 5.02. The van der Waals surface area contributed by atoms with E-state index < -0.39 is 23.8 Å². The highest BCUT2D eigenvalue weighted by atomic mass is 16.5. The third kappa shape index (κ3) is 4.74. The van der Waals surface area contributed by atoms with Crippen molar-refractivity contribution in [3.63, 3.8) is 0 Å². The minimum absolute atomic E-state index is 0.0284. The van der Waals surface area contributed by atoms with Crippen molar-refractivity contribution in [3.05, 3.63) is 59.7 Å². The van der Waals surface area contributed by atoms with Gasteiger partial charge in [0.2, 0.25) is 11.8 Å². The molecule has 1 unspecified atom stereocenters. The minimum Gasteiger partial charge on any atom is -0.495 e. The molecule has 7 nitrogen and oxygen atoms in total. The molecule has 0 aromatic heterocycles. The maximum atomic E-state index is 12.7. The Morgan fingerprint density at radius 3 is 2.62 bits per heavy atom. The number of hydrogen-bond acceptors (Lipinski definition) is 4. The van der Waals surface area contributed by atoms with Gasteiger partial charge in [-0.3, -0.25) is 9.59 Å². The second-order valence-electron chi connectivity index (χ2n) is 7.17. The van der Waals surface area contributed by atoms with Gasteiger partial charge in [0.15, 0.2) is 0 Å². The minimum atomic E-state index is -1.11.